The van der Waals surface area contributed by atoms with Crippen molar-refractivity contribution in [3.63, 3.8) is 0 Å². The van der Waals surface area contributed by atoms with Gasteiger partial charge in [0.25, 0.3) is 21.5 Å². The lowest BCUT2D eigenvalue weighted by molar-refractivity contribution is -0.138. The van der Waals surface area contributed by atoms with Gasteiger partial charge in [-0.3, -0.25) is 14.2 Å². The number of likely N-dealkylation sites (N-methyl/N-ethyl adjacent to an activating group) is 1. The number of hydroxylamine groups is 2. The summed E-state index contributed by atoms with van der Waals surface area (Å²) in [6, 6.07) is 18.4. The molecule has 4 rings (SSSR count). The molecule has 11 nitrogen and oxygen atoms in total. The van der Waals surface area contributed by atoms with Gasteiger partial charge in [0.05, 0.1) is 22.3 Å². The molecule has 1 heterocycles. The van der Waals surface area contributed by atoms with Crippen LogP contribution >= 0.6 is 11.6 Å². The second-order valence-corrected chi connectivity index (χ2v) is 10.5. The molecule has 1 amide bonds. The van der Waals surface area contributed by atoms with Gasteiger partial charge in [0.2, 0.25) is 0 Å². The Balaban J connectivity index is 1.62. The molecule has 38 heavy (non-hydrogen) atoms. The third-order valence-corrected chi connectivity index (χ3v) is 7.57. The summed E-state index contributed by atoms with van der Waals surface area (Å²) >= 11 is 5.96. The van der Waals surface area contributed by atoms with Crippen molar-refractivity contribution in [3.05, 3.63) is 98.7 Å². The predicted molar refractivity (Wildman–Crippen MR) is 140 cm³/mol. The first-order valence-corrected chi connectivity index (χ1v) is 13.1. The lowest BCUT2D eigenvalue weighted by Gasteiger charge is -2.24. The molecule has 4 aromatic rings. The standard InChI is InChI=1S/C25H23ClN4O7S/c1-28(34)16-23(31)30(14-13-29-24(32)21-7-2-3-8-22(21)27-25(29)33)38(35,36)20-11-9-18(10-12-20)37-19-6-4-5-17(26)15-19/h2-12,15,34H,13-14,16H2,1H3,(H,27,33). The molecule has 1 aromatic heterocycles. The number of benzene rings is 3. The average Bonchev–Trinajstić information content (AvgIpc) is 2.86. The van der Waals surface area contributed by atoms with Gasteiger partial charge in [-0.05, 0) is 54.6 Å². The fourth-order valence-corrected chi connectivity index (χ4v) is 5.28. The van der Waals surface area contributed by atoms with E-state index in [0.717, 1.165) is 4.57 Å². The number of nitrogens with zero attached hydrogens (tertiary/aromatic N) is 3. The van der Waals surface area contributed by atoms with Crippen molar-refractivity contribution in [1.82, 2.24) is 18.9 Å². The Kier molecular flexibility index (Phi) is 7.97. The first kappa shape index (κ1) is 27.1. The van der Waals surface area contributed by atoms with Crippen molar-refractivity contribution in [2.45, 2.75) is 11.4 Å². The van der Waals surface area contributed by atoms with E-state index in [1.807, 2.05) is 0 Å². The number of sulfonamides is 1. The summed E-state index contributed by atoms with van der Waals surface area (Å²) in [5.74, 6) is -0.185. The van der Waals surface area contributed by atoms with Crippen molar-refractivity contribution in [1.29, 1.82) is 0 Å². The Bertz CT molecular complexity index is 1700. The number of H-pyrrole nitrogens is 1. The summed E-state index contributed by atoms with van der Waals surface area (Å²) in [6.07, 6.45) is 0. The van der Waals surface area contributed by atoms with E-state index < -0.39 is 46.8 Å². The molecule has 3 aromatic carbocycles. The minimum atomic E-state index is -4.44. The molecule has 0 aliphatic rings. The number of aromatic nitrogens is 2. The van der Waals surface area contributed by atoms with Crippen LogP contribution in [-0.2, 0) is 21.4 Å². The number of aromatic amines is 1. The average molecular weight is 559 g/mol. The van der Waals surface area contributed by atoms with Gasteiger partial charge in [-0.2, -0.15) is 5.06 Å². The summed E-state index contributed by atoms with van der Waals surface area (Å²) in [6.45, 7) is -1.58. The number of halogens is 1. The molecule has 0 fully saturated rings. The molecular weight excluding hydrogens is 536 g/mol. The smallest absolute Gasteiger partial charge is 0.328 e. The quantitative estimate of drug-likeness (QED) is 0.299. The van der Waals surface area contributed by atoms with Crippen LogP contribution in [0, 0.1) is 0 Å². The van der Waals surface area contributed by atoms with Crippen molar-refractivity contribution in [2.24, 2.45) is 0 Å². The molecule has 0 saturated carbocycles. The highest BCUT2D eigenvalue weighted by atomic mass is 35.5. The van der Waals surface area contributed by atoms with Gasteiger partial charge >= 0.3 is 5.69 Å². The van der Waals surface area contributed by atoms with Crippen molar-refractivity contribution in [3.8, 4) is 11.5 Å². The van der Waals surface area contributed by atoms with Gasteiger partial charge in [0, 0.05) is 18.6 Å². The highest BCUT2D eigenvalue weighted by molar-refractivity contribution is 7.89. The van der Waals surface area contributed by atoms with E-state index in [1.54, 1.807) is 42.5 Å². The SMILES string of the molecule is CN(O)CC(=O)N(CCn1c(=O)[nH]c2ccccc2c1=O)S(=O)(=O)c1ccc(Oc2cccc(Cl)c2)cc1. The van der Waals surface area contributed by atoms with E-state index in [2.05, 4.69) is 4.98 Å². The van der Waals surface area contributed by atoms with E-state index in [1.165, 1.54) is 37.4 Å². The number of para-hydroxylation sites is 1. The Morgan fingerprint density at radius 1 is 1.03 bits per heavy atom. The second kappa shape index (κ2) is 11.2. The summed E-state index contributed by atoms with van der Waals surface area (Å²) in [4.78, 5) is 40.6. The monoisotopic (exact) mass is 558 g/mol. The molecule has 0 aliphatic carbocycles. The van der Waals surface area contributed by atoms with Crippen LogP contribution in [0.2, 0.25) is 5.02 Å². The predicted octanol–water partition coefficient (Wildman–Crippen LogP) is 2.67. The van der Waals surface area contributed by atoms with E-state index in [4.69, 9.17) is 16.3 Å². The van der Waals surface area contributed by atoms with Crippen LogP contribution in [0.5, 0.6) is 11.5 Å². The van der Waals surface area contributed by atoms with E-state index in [9.17, 15) is 28.0 Å². The number of amides is 1. The number of hydrogen-bond donors (Lipinski definition) is 2. The molecule has 0 unspecified atom stereocenters. The van der Waals surface area contributed by atoms with Crippen molar-refractivity contribution in [2.75, 3.05) is 20.1 Å². The maximum atomic E-state index is 13.4. The molecule has 0 bridgehead atoms. The van der Waals surface area contributed by atoms with Crippen LogP contribution in [0.15, 0.2) is 87.3 Å². The van der Waals surface area contributed by atoms with Crippen LogP contribution in [-0.4, -0.2) is 58.6 Å². The van der Waals surface area contributed by atoms with Gasteiger partial charge in [0.15, 0.2) is 0 Å². The number of carbonyl (C=O) groups excluding carboxylic acids is 1. The summed E-state index contributed by atoms with van der Waals surface area (Å²) in [5.41, 5.74) is -1.04. The number of ether oxygens (including phenoxy) is 1. The third kappa shape index (κ3) is 5.94. The zero-order chi connectivity index (χ0) is 27.4. The molecule has 198 valence electrons. The highest BCUT2D eigenvalue weighted by Gasteiger charge is 2.30. The second-order valence-electron chi connectivity index (χ2n) is 8.25. The van der Waals surface area contributed by atoms with Gasteiger partial charge < -0.3 is 14.9 Å². The Morgan fingerprint density at radius 3 is 2.42 bits per heavy atom. The first-order chi connectivity index (χ1) is 18.1. The highest BCUT2D eigenvalue weighted by Crippen LogP contribution is 2.26. The molecule has 0 spiro atoms. The maximum absolute atomic E-state index is 13.4. The van der Waals surface area contributed by atoms with Gasteiger partial charge in [-0.1, -0.05) is 29.8 Å². The number of hydrogen-bond acceptors (Lipinski definition) is 8. The Morgan fingerprint density at radius 2 is 1.74 bits per heavy atom. The Labute approximate surface area is 222 Å². The number of rotatable bonds is 9. The zero-order valence-corrected chi connectivity index (χ0v) is 21.6. The van der Waals surface area contributed by atoms with Crippen molar-refractivity contribution >= 4 is 38.4 Å². The largest absolute Gasteiger partial charge is 0.457 e. The van der Waals surface area contributed by atoms with Gasteiger partial charge in [-0.25, -0.2) is 17.5 Å². The summed E-state index contributed by atoms with van der Waals surface area (Å²) in [5, 5.41) is 10.8. The minimum absolute atomic E-state index is 0.232. The van der Waals surface area contributed by atoms with Crippen LogP contribution in [0.4, 0.5) is 0 Å². The molecule has 0 radical (unpaired) electrons. The first-order valence-electron chi connectivity index (χ1n) is 11.3. The van der Waals surface area contributed by atoms with Crippen LogP contribution in [0.3, 0.4) is 0 Å². The lowest BCUT2D eigenvalue weighted by Crippen LogP contribution is -2.46. The number of nitrogens with one attached hydrogen (secondary N) is 1. The molecule has 0 aliphatic heterocycles. The van der Waals surface area contributed by atoms with E-state index in [-0.39, 0.29) is 10.3 Å². The summed E-state index contributed by atoms with van der Waals surface area (Å²) < 4.78 is 33.9. The summed E-state index contributed by atoms with van der Waals surface area (Å²) in [7, 11) is -3.26. The third-order valence-electron chi connectivity index (χ3n) is 5.50. The van der Waals surface area contributed by atoms with Gasteiger partial charge in [0.1, 0.15) is 18.0 Å². The van der Waals surface area contributed by atoms with Crippen molar-refractivity contribution < 1.29 is 23.2 Å². The van der Waals surface area contributed by atoms with Crippen LogP contribution < -0.4 is 16.0 Å². The maximum Gasteiger partial charge on any atom is 0.328 e. The zero-order valence-electron chi connectivity index (χ0n) is 20.1. The van der Waals surface area contributed by atoms with Gasteiger partial charge in [-0.15, -0.1) is 0 Å². The Hall–Kier alpha value is -3.97. The van der Waals surface area contributed by atoms with Crippen LogP contribution in [0.25, 0.3) is 10.9 Å². The molecular formula is C25H23ClN4O7S. The molecule has 13 heteroatoms. The van der Waals surface area contributed by atoms with E-state index in [0.29, 0.717) is 31.4 Å². The molecule has 0 atom stereocenters. The minimum Gasteiger partial charge on any atom is -0.457 e. The normalized spacial score (nSPS) is 11.6. The fourth-order valence-electron chi connectivity index (χ4n) is 3.72. The lowest BCUT2D eigenvalue weighted by atomic mass is 10.2. The number of carbonyl (C=O) groups is 1. The molecule has 0 saturated heterocycles. The van der Waals surface area contributed by atoms with E-state index >= 15 is 0 Å². The molecule has 2 N–H and O–H groups in total. The topological polar surface area (TPSA) is 142 Å². The van der Waals surface area contributed by atoms with Crippen LogP contribution in [0.1, 0.15) is 0 Å². The number of fused-ring (bicyclic) bond motifs is 1. The fraction of sp³-hybridized carbons (Fsp3) is 0.160.